The van der Waals surface area contributed by atoms with Gasteiger partial charge in [-0.05, 0) is 42.7 Å². The summed E-state index contributed by atoms with van der Waals surface area (Å²) in [6.45, 7) is 4.00. The molecule has 2 aromatic heterocycles. The predicted molar refractivity (Wildman–Crippen MR) is 114 cm³/mol. The lowest BCUT2D eigenvalue weighted by Crippen LogP contribution is -2.04. The van der Waals surface area contributed by atoms with E-state index in [2.05, 4.69) is 15.3 Å². The van der Waals surface area contributed by atoms with E-state index in [4.69, 9.17) is 4.74 Å². The van der Waals surface area contributed by atoms with Crippen LogP contribution in [0, 0.1) is 13.8 Å². The van der Waals surface area contributed by atoms with Crippen molar-refractivity contribution >= 4 is 39.0 Å². The molecule has 6 nitrogen and oxygen atoms in total. The quantitative estimate of drug-likeness (QED) is 0.354. The Morgan fingerprint density at radius 2 is 1.93 bits per heavy atom. The van der Waals surface area contributed by atoms with Gasteiger partial charge >= 0.3 is 5.97 Å². The zero-order chi connectivity index (χ0) is 20.4. The van der Waals surface area contributed by atoms with Crippen molar-refractivity contribution in [3.05, 3.63) is 76.4 Å². The molecule has 0 radical (unpaired) electrons. The van der Waals surface area contributed by atoms with E-state index in [1.54, 1.807) is 6.07 Å². The van der Waals surface area contributed by atoms with Gasteiger partial charge in [-0.3, -0.25) is 0 Å². The highest BCUT2D eigenvalue weighted by Gasteiger charge is 2.21. The number of anilines is 2. The molecule has 0 amide bonds. The second kappa shape index (κ2) is 7.89. The van der Waals surface area contributed by atoms with Crippen LogP contribution in [0.15, 0.2) is 54.9 Å². The Bertz CT molecular complexity index is 1190. The summed E-state index contributed by atoms with van der Waals surface area (Å²) >= 11 is 1.27. The highest BCUT2D eigenvalue weighted by Crippen LogP contribution is 2.36. The van der Waals surface area contributed by atoms with Crippen molar-refractivity contribution in [2.45, 2.75) is 20.5 Å². The van der Waals surface area contributed by atoms with Gasteiger partial charge in [-0.25, -0.2) is 14.8 Å². The largest absolute Gasteiger partial charge is 0.506 e. The number of phenols is 1. The number of nitrogens with one attached hydrogen (secondary N) is 1. The van der Waals surface area contributed by atoms with Crippen molar-refractivity contribution in [2.24, 2.45) is 0 Å². The van der Waals surface area contributed by atoms with Gasteiger partial charge in [0, 0.05) is 0 Å². The van der Waals surface area contributed by atoms with Crippen LogP contribution in [0.5, 0.6) is 5.75 Å². The molecule has 0 bridgehead atoms. The lowest BCUT2D eigenvalue weighted by Gasteiger charge is -2.10. The number of esters is 1. The number of aromatic hydroxyl groups is 1. The molecule has 7 heteroatoms. The minimum Gasteiger partial charge on any atom is -0.506 e. The average Bonchev–Trinajstić information content (AvgIpc) is 3.07. The van der Waals surface area contributed by atoms with Crippen LogP contribution in [0.4, 0.5) is 11.5 Å². The van der Waals surface area contributed by atoms with Crippen molar-refractivity contribution in [2.75, 3.05) is 5.32 Å². The summed E-state index contributed by atoms with van der Waals surface area (Å²) in [7, 11) is 0. The minimum atomic E-state index is -0.390. The molecule has 4 aromatic rings. The number of benzene rings is 2. The number of carbonyl (C=O) groups is 1. The molecule has 0 fully saturated rings. The molecular formula is C22H19N3O3S. The SMILES string of the molecule is Cc1ccc(O)c(Nc2ncnc3sc(C(=O)OCc4ccccc4)c(C)c23)c1. The van der Waals surface area contributed by atoms with E-state index in [9.17, 15) is 9.90 Å². The van der Waals surface area contributed by atoms with E-state index in [1.807, 2.05) is 56.3 Å². The van der Waals surface area contributed by atoms with E-state index in [0.29, 0.717) is 21.2 Å². The van der Waals surface area contributed by atoms with E-state index in [0.717, 1.165) is 22.1 Å². The number of carbonyl (C=O) groups excluding carboxylic acids is 1. The molecule has 0 saturated carbocycles. The Morgan fingerprint density at radius 1 is 1.14 bits per heavy atom. The van der Waals surface area contributed by atoms with E-state index in [1.165, 1.54) is 17.7 Å². The van der Waals surface area contributed by atoms with Gasteiger partial charge in [0.2, 0.25) is 0 Å². The zero-order valence-electron chi connectivity index (χ0n) is 16.0. The second-order valence-electron chi connectivity index (χ2n) is 6.67. The van der Waals surface area contributed by atoms with Crippen molar-refractivity contribution in [1.29, 1.82) is 0 Å². The van der Waals surface area contributed by atoms with Crippen LogP contribution < -0.4 is 5.32 Å². The van der Waals surface area contributed by atoms with Crippen LogP contribution in [0.3, 0.4) is 0 Å². The van der Waals surface area contributed by atoms with E-state index >= 15 is 0 Å². The van der Waals surface area contributed by atoms with Crippen LogP contribution in [0.2, 0.25) is 0 Å². The molecule has 0 saturated heterocycles. The van der Waals surface area contributed by atoms with Crippen molar-refractivity contribution in [1.82, 2.24) is 9.97 Å². The van der Waals surface area contributed by atoms with Crippen LogP contribution >= 0.6 is 11.3 Å². The van der Waals surface area contributed by atoms with Crippen LogP contribution in [-0.4, -0.2) is 21.0 Å². The summed E-state index contributed by atoms with van der Waals surface area (Å²) in [6.07, 6.45) is 1.44. The third-order valence-corrected chi connectivity index (χ3v) is 5.71. The van der Waals surface area contributed by atoms with Gasteiger partial charge in [0.05, 0.1) is 11.1 Å². The fourth-order valence-corrected chi connectivity index (χ4v) is 4.07. The standard InChI is InChI=1S/C22H19N3O3S/c1-13-8-9-17(26)16(10-13)25-20-18-14(2)19(29-21(18)24-12-23-20)22(27)28-11-15-6-4-3-5-7-15/h3-10,12,26H,11H2,1-2H3,(H,23,24,25). The number of thiophene rings is 1. The summed E-state index contributed by atoms with van der Waals surface area (Å²) in [5.74, 6) is 0.267. The van der Waals surface area contributed by atoms with E-state index < -0.39 is 5.97 Å². The maximum absolute atomic E-state index is 12.7. The molecule has 0 aliphatic carbocycles. The molecule has 0 atom stereocenters. The van der Waals surface area contributed by atoms with Gasteiger partial charge in [0.25, 0.3) is 0 Å². The smallest absolute Gasteiger partial charge is 0.349 e. The van der Waals surface area contributed by atoms with Crippen molar-refractivity contribution < 1.29 is 14.6 Å². The Hall–Kier alpha value is -3.45. The Kier molecular flexibility index (Phi) is 5.14. The third kappa shape index (κ3) is 3.90. The van der Waals surface area contributed by atoms with Gasteiger partial charge in [0.15, 0.2) is 0 Å². The number of fused-ring (bicyclic) bond motifs is 1. The zero-order valence-corrected chi connectivity index (χ0v) is 16.8. The number of aromatic nitrogens is 2. The van der Waals surface area contributed by atoms with Gasteiger partial charge in [0.1, 0.15) is 34.2 Å². The highest BCUT2D eigenvalue weighted by molar-refractivity contribution is 7.20. The molecule has 146 valence electrons. The van der Waals surface area contributed by atoms with Crippen molar-refractivity contribution in [3.8, 4) is 5.75 Å². The monoisotopic (exact) mass is 405 g/mol. The molecule has 0 spiro atoms. The Balaban J connectivity index is 1.64. The Labute approximate surface area is 171 Å². The van der Waals surface area contributed by atoms with E-state index in [-0.39, 0.29) is 12.4 Å². The third-order valence-electron chi connectivity index (χ3n) is 4.53. The molecule has 0 aliphatic heterocycles. The number of ether oxygens (including phenoxy) is 1. The molecule has 2 heterocycles. The maximum Gasteiger partial charge on any atom is 0.349 e. The molecule has 0 aliphatic rings. The first-order valence-corrected chi connectivity index (χ1v) is 9.86. The number of phenolic OH excluding ortho intramolecular Hbond substituents is 1. The summed E-state index contributed by atoms with van der Waals surface area (Å²) < 4.78 is 5.48. The van der Waals surface area contributed by atoms with Gasteiger partial charge in [-0.15, -0.1) is 11.3 Å². The maximum atomic E-state index is 12.7. The molecule has 29 heavy (non-hydrogen) atoms. The Morgan fingerprint density at radius 3 is 2.72 bits per heavy atom. The molecular weight excluding hydrogens is 386 g/mol. The molecule has 2 N–H and O–H groups in total. The lowest BCUT2D eigenvalue weighted by molar-refractivity contribution is 0.0478. The number of hydrogen-bond acceptors (Lipinski definition) is 7. The lowest BCUT2D eigenvalue weighted by atomic mass is 10.1. The first-order chi connectivity index (χ1) is 14.0. The first kappa shape index (κ1) is 18.9. The fraction of sp³-hybridized carbons (Fsp3) is 0.136. The van der Waals surface area contributed by atoms with Gasteiger partial charge in [-0.2, -0.15) is 0 Å². The highest BCUT2D eigenvalue weighted by atomic mass is 32.1. The summed E-state index contributed by atoms with van der Waals surface area (Å²) in [4.78, 5) is 22.5. The van der Waals surface area contributed by atoms with Crippen LogP contribution in [-0.2, 0) is 11.3 Å². The fourth-order valence-electron chi connectivity index (χ4n) is 3.03. The number of hydrogen-bond donors (Lipinski definition) is 2. The summed E-state index contributed by atoms with van der Waals surface area (Å²) in [5, 5.41) is 14.0. The normalized spacial score (nSPS) is 10.8. The molecule has 4 rings (SSSR count). The summed E-state index contributed by atoms with van der Waals surface area (Å²) in [6, 6.07) is 14.8. The molecule has 0 unspecified atom stereocenters. The van der Waals surface area contributed by atoms with Crippen molar-refractivity contribution in [3.63, 3.8) is 0 Å². The second-order valence-corrected chi connectivity index (χ2v) is 7.67. The van der Waals surface area contributed by atoms with Crippen LogP contribution in [0.25, 0.3) is 10.2 Å². The van der Waals surface area contributed by atoms with Gasteiger partial charge in [-0.1, -0.05) is 36.4 Å². The van der Waals surface area contributed by atoms with Crippen LogP contribution in [0.1, 0.15) is 26.4 Å². The first-order valence-electron chi connectivity index (χ1n) is 9.04. The average molecular weight is 405 g/mol. The number of aryl methyl sites for hydroxylation is 2. The summed E-state index contributed by atoms with van der Waals surface area (Å²) in [5.41, 5.74) is 3.22. The van der Waals surface area contributed by atoms with Gasteiger partial charge < -0.3 is 15.2 Å². The topological polar surface area (TPSA) is 84.3 Å². The number of nitrogens with zero attached hydrogens (tertiary/aromatic N) is 2. The number of rotatable bonds is 5. The minimum absolute atomic E-state index is 0.123. The predicted octanol–water partition coefficient (Wildman–Crippen LogP) is 5.11. The molecule has 2 aromatic carbocycles.